The number of benzene rings is 1. The molecule has 1 fully saturated rings. The molecule has 1 aliphatic rings. The zero-order chi connectivity index (χ0) is 16.2. The quantitative estimate of drug-likeness (QED) is 0.805. The van der Waals surface area contributed by atoms with Crippen molar-refractivity contribution in [2.75, 3.05) is 13.7 Å². The number of hydrogen-bond donors (Lipinski definition) is 0. The predicted molar refractivity (Wildman–Crippen MR) is 87.0 cm³/mol. The Morgan fingerprint density at radius 3 is 3.00 bits per heavy atom. The van der Waals surface area contributed by atoms with E-state index in [-0.39, 0.29) is 17.6 Å². The number of rotatable bonds is 4. The van der Waals surface area contributed by atoms with E-state index < -0.39 is 0 Å². The van der Waals surface area contributed by atoms with E-state index in [0.29, 0.717) is 18.5 Å². The molecule has 122 valence electrons. The number of nitrogens with zero attached hydrogens (tertiary/aromatic N) is 3. The molecule has 0 spiro atoms. The van der Waals surface area contributed by atoms with Gasteiger partial charge in [-0.05, 0) is 18.9 Å². The summed E-state index contributed by atoms with van der Waals surface area (Å²) >= 11 is 0. The number of carbonyl (C=O) groups excluding carboxylic acids is 1. The van der Waals surface area contributed by atoms with Crippen molar-refractivity contribution < 1.29 is 9.53 Å². The average Bonchev–Trinajstić information content (AvgIpc) is 2.59. The Morgan fingerprint density at radius 1 is 1.35 bits per heavy atom. The molecule has 6 heteroatoms. The van der Waals surface area contributed by atoms with Gasteiger partial charge in [-0.25, -0.2) is 4.68 Å². The molecule has 1 aromatic carbocycles. The lowest BCUT2D eigenvalue weighted by atomic mass is 10.00. The predicted octanol–water partition coefficient (Wildman–Crippen LogP) is 1.77. The maximum atomic E-state index is 12.6. The third kappa shape index (κ3) is 3.42. The third-order valence-electron chi connectivity index (χ3n) is 4.46. The van der Waals surface area contributed by atoms with Crippen molar-refractivity contribution in [1.82, 2.24) is 14.7 Å². The van der Waals surface area contributed by atoms with E-state index in [9.17, 15) is 9.59 Å². The van der Waals surface area contributed by atoms with Gasteiger partial charge >= 0.3 is 5.97 Å². The first kappa shape index (κ1) is 15.7. The van der Waals surface area contributed by atoms with E-state index in [1.54, 1.807) is 6.20 Å². The van der Waals surface area contributed by atoms with Crippen LogP contribution >= 0.6 is 0 Å². The summed E-state index contributed by atoms with van der Waals surface area (Å²) in [7, 11) is 1.41. The van der Waals surface area contributed by atoms with Crippen LogP contribution in [0.25, 0.3) is 10.8 Å². The van der Waals surface area contributed by atoms with Crippen molar-refractivity contribution in [3.8, 4) is 0 Å². The zero-order valence-corrected chi connectivity index (χ0v) is 13.3. The lowest BCUT2D eigenvalue weighted by Crippen LogP contribution is -2.44. The highest BCUT2D eigenvalue weighted by Crippen LogP contribution is 2.20. The van der Waals surface area contributed by atoms with Gasteiger partial charge in [-0.1, -0.05) is 24.6 Å². The number of ether oxygens (including phenoxy) is 1. The Morgan fingerprint density at radius 2 is 2.17 bits per heavy atom. The molecular formula is C17H21N3O3. The minimum absolute atomic E-state index is 0.0921. The van der Waals surface area contributed by atoms with E-state index >= 15 is 0 Å². The van der Waals surface area contributed by atoms with Gasteiger partial charge in [0.25, 0.3) is 5.56 Å². The first-order chi connectivity index (χ1) is 11.2. The van der Waals surface area contributed by atoms with Gasteiger partial charge < -0.3 is 4.74 Å². The molecule has 23 heavy (non-hydrogen) atoms. The average molecular weight is 315 g/mol. The van der Waals surface area contributed by atoms with Crippen LogP contribution < -0.4 is 5.56 Å². The Bertz CT molecular complexity index is 756. The minimum Gasteiger partial charge on any atom is -0.469 e. The molecule has 6 nitrogen and oxygen atoms in total. The summed E-state index contributed by atoms with van der Waals surface area (Å²) in [5, 5.41) is 5.80. The third-order valence-corrected chi connectivity index (χ3v) is 4.46. The summed E-state index contributed by atoms with van der Waals surface area (Å²) in [6.07, 6.45) is 5.18. The van der Waals surface area contributed by atoms with E-state index in [4.69, 9.17) is 4.74 Å². The Balaban J connectivity index is 1.83. The number of hydrogen-bond acceptors (Lipinski definition) is 5. The van der Waals surface area contributed by atoms with Crippen molar-refractivity contribution in [2.24, 2.45) is 0 Å². The van der Waals surface area contributed by atoms with Crippen LogP contribution in [0, 0.1) is 0 Å². The molecule has 0 amide bonds. The van der Waals surface area contributed by atoms with E-state index in [2.05, 4.69) is 10.00 Å². The van der Waals surface area contributed by atoms with Crippen LogP contribution in [0.1, 0.15) is 25.7 Å². The molecule has 3 rings (SSSR count). The van der Waals surface area contributed by atoms with Crippen LogP contribution in [0.3, 0.4) is 0 Å². The summed E-state index contributed by atoms with van der Waals surface area (Å²) in [5.74, 6) is -0.208. The molecule has 1 saturated heterocycles. The number of piperidine rings is 1. The SMILES string of the molecule is COC(=O)CC1CCCCN1Cn1ncc2ccccc2c1=O. The van der Waals surface area contributed by atoms with Gasteiger partial charge in [0.2, 0.25) is 0 Å². The minimum atomic E-state index is -0.208. The van der Waals surface area contributed by atoms with Crippen LogP contribution in [-0.2, 0) is 16.2 Å². The molecule has 0 aliphatic carbocycles. The highest BCUT2D eigenvalue weighted by atomic mass is 16.5. The van der Waals surface area contributed by atoms with Crippen molar-refractivity contribution in [3.63, 3.8) is 0 Å². The Kier molecular flexibility index (Phi) is 4.71. The first-order valence-corrected chi connectivity index (χ1v) is 7.95. The molecule has 1 atom stereocenters. The number of likely N-dealkylation sites (tertiary alicyclic amines) is 1. The molecule has 0 saturated carbocycles. The van der Waals surface area contributed by atoms with Crippen molar-refractivity contribution in [3.05, 3.63) is 40.8 Å². The second kappa shape index (κ2) is 6.91. The van der Waals surface area contributed by atoms with Crippen molar-refractivity contribution >= 4 is 16.7 Å². The molecule has 1 aliphatic heterocycles. The van der Waals surface area contributed by atoms with Crippen LogP contribution in [0.2, 0.25) is 0 Å². The number of aromatic nitrogens is 2. The maximum absolute atomic E-state index is 12.6. The number of fused-ring (bicyclic) bond motifs is 1. The topological polar surface area (TPSA) is 64.4 Å². The fraction of sp³-hybridized carbons (Fsp3) is 0.471. The van der Waals surface area contributed by atoms with E-state index in [1.165, 1.54) is 11.8 Å². The van der Waals surface area contributed by atoms with E-state index in [0.717, 1.165) is 31.2 Å². The highest BCUT2D eigenvalue weighted by Gasteiger charge is 2.25. The second-order valence-electron chi connectivity index (χ2n) is 5.92. The van der Waals surface area contributed by atoms with Gasteiger partial charge in [0.15, 0.2) is 0 Å². The zero-order valence-electron chi connectivity index (χ0n) is 13.3. The molecule has 2 aromatic rings. The fourth-order valence-electron chi connectivity index (χ4n) is 3.15. The lowest BCUT2D eigenvalue weighted by molar-refractivity contribution is -0.142. The molecule has 0 N–H and O–H groups in total. The van der Waals surface area contributed by atoms with Gasteiger partial charge in [-0.3, -0.25) is 14.5 Å². The molecule has 1 unspecified atom stereocenters. The van der Waals surface area contributed by atoms with Crippen LogP contribution in [-0.4, -0.2) is 40.3 Å². The normalized spacial score (nSPS) is 18.9. The second-order valence-corrected chi connectivity index (χ2v) is 5.92. The number of methoxy groups -OCH3 is 1. The number of carbonyl (C=O) groups is 1. The van der Waals surface area contributed by atoms with Crippen LogP contribution in [0.15, 0.2) is 35.3 Å². The van der Waals surface area contributed by atoms with Crippen LogP contribution in [0.4, 0.5) is 0 Å². The van der Waals surface area contributed by atoms with Gasteiger partial charge in [0.05, 0.1) is 31.8 Å². The van der Waals surface area contributed by atoms with Crippen molar-refractivity contribution in [1.29, 1.82) is 0 Å². The molecular weight excluding hydrogens is 294 g/mol. The molecule has 2 heterocycles. The number of esters is 1. The summed E-state index contributed by atoms with van der Waals surface area (Å²) in [6, 6.07) is 7.56. The Labute approximate surface area is 134 Å². The first-order valence-electron chi connectivity index (χ1n) is 7.95. The van der Waals surface area contributed by atoms with E-state index in [1.807, 2.05) is 24.3 Å². The summed E-state index contributed by atoms with van der Waals surface area (Å²) in [4.78, 5) is 26.3. The van der Waals surface area contributed by atoms with Gasteiger partial charge in [0, 0.05) is 18.0 Å². The monoisotopic (exact) mass is 315 g/mol. The lowest BCUT2D eigenvalue weighted by Gasteiger charge is -2.34. The summed E-state index contributed by atoms with van der Waals surface area (Å²) < 4.78 is 6.27. The largest absolute Gasteiger partial charge is 0.469 e. The molecule has 0 radical (unpaired) electrons. The molecule has 1 aromatic heterocycles. The van der Waals surface area contributed by atoms with Crippen molar-refractivity contribution in [2.45, 2.75) is 38.4 Å². The standard InChI is InChI=1S/C17H21N3O3/c1-23-16(21)10-14-7-4-5-9-19(14)12-20-17(22)15-8-3-2-6-13(15)11-18-20/h2-3,6,8,11,14H,4-5,7,9-10,12H2,1H3. The maximum Gasteiger partial charge on any atom is 0.307 e. The van der Waals surface area contributed by atoms with Gasteiger partial charge in [-0.2, -0.15) is 5.10 Å². The Hall–Kier alpha value is -2.21. The van der Waals surface area contributed by atoms with Gasteiger partial charge in [-0.15, -0.1) is 0 Å². The summed E-state index contributed by atoms with van der Waals surface area (Å²) in [6.45, 7) is 1.27. The smallest absolute Gasteiger partial charge is 0.307 e. The molecule has 0 bridgehead atoms. The fourth-order valence-corrected chi connectivity index (χ4v) is 3.15. The van der Waals surface area contributed by atoms with Crippen LogP contribution in [0.5, 0.6) is 0 Å². The van der Waals surface area contributed by atoms with Gasteiger partial charge in [0.1, 0.15) is 0 Å². The highest BCUT2D eigenvalue weighted by molar-refractivity contribution is 5.80. The summed E-state index contributed by atoms with van der Waals surface area (Å²) in [5.41, 5.74) is -0.0921.